The van der Waals surface area contributed by atoms with Crippen LogP contribution in [0, 0.1) is 27.7 Å². The Morgan fingerprint density at radius 2 is 1.91 bits per heavy atom. The number of aromatic nitrogens is 6. The van der Waals surface area contributed by atoms with E-state index in [2.05, 4.69) is 52.2 Å². The molecule has 0 saturated carbocycles. The van der Waals surface area contributed by atoms with Crippen molar-refractivity contribution in [1.82, 2.24) is 29.7 Å². The summed E-state index contributed by atoms with van der Waals surface area (Å²) in [6.45, 7) is 10.2. The molecule has 5 aromatic rings. The second kappa shape index (κ2) is 8.81. The molecule has 0 aliphatic rings. The monoisotopic (exact) mass is 488 g/mol. The predicted molar refractivity (Wildman–Crippen MR) is 138 cm³/mol. The minimum absolute atomic E-state index is 0.0979. The summed E-state index contributed by atoms with van der Waals surface area (Å²) in [5.74, 6) is 1.29. The average molecular weight is 489 g/mol. The molecule has 1 unspecified atom stereocenters. The highest BCUT2D eigenvalue weighted by atomic mass is 32.2. The van der Waals surface area contributed by atoms with E-state index in [9.17, 15) is 4.79 Å². The Balaban J connectivity index is 1.60. The molecular formula is C25H24N6OS2. The van der Waals surface area contributed by atoms with Crippen LogP contribution in [0.25, 0.3) is 27.4 Å². The predicted octanol–water partition coefficient (Wildman–Crippen LogP) is 5.71. The van der Waals surface area contributed by atoms with E-state index in [1.54, 1.807) is 17.5 Å². The van der Waals surface area contributed by atoms with Crippen molar-refractivity contribution in [2.24, 2.45) is 0 Å². The average Bonchev–Trinajstić information content (AvgIpc) is 3.35. The van der Waals surface area contributed by atoms with Crippen LogP contribution in [-0.4, -0.2) is 29.7 Å². The SMILES string of the molecule is Cc1ccc(-n2c(SC(C)c3nc4sc(C)c(C)c4c(=O)[nH]3)nnc2-c2ccccn2)c(C)c1. The lowest BCUT2D eigenvalue weighted by molar-refractivity contribution is 0.858. The fraction of sp³-hybridized carbons (Fsp3) is 0.240. The number of H-pyrrole nitrogens is 1. The van der Waals surface area contributed by atoms with Gasteiger partial charge in [0.2, 0.25) is 0 Å². The molecule has 4 heterocycles. The maximum absolute atomic E-state index is 12.8. The van der Waals surface area contributed by atoms with Crippen LogP contribution in [0.15, 0.2) is 52.5 Å². The van der Waals surface area contributed by atoms with E-state index in [1.165, 1.54) is 17.3 Å². The lowest BCUT2D eigenvalue weighted by Gasteiger charge is -2.15. The number of nitrogens with one attached hydrogen (secondary N) is 1. The number of thiophene rings is 1. The van der Waals surface area contributed by atoms with E-state index < -0.39 is 0 Å². The fourth-order valence-electron chi connectivity index (χ4n) is 3.96. The highest BCUT2D eigenvalue weighted by molar-refractivity contribution is 7.99. The first-order valence-electron chi connectivity index (χ1n) is 10.9. The molecule has 0 aliphatic heterocycles. The van der Waals surface area contributed by atoms with Crippen LogP contribution in [0.2, 0.25) is 0 Å². The molecule has 7 nitrogen and oxygen atoms in total. The smallest absolute Gasteiger partial charge is 0.259 e. The molecule has 0 spiro atoms. The van der Waals surface area contributed by atoms with Crippen LogP contribution < -0.4 is 5.56 Å². The summed E-state index contributed by atoms with van der Waals surface area (Å²) in [5, 5.41) is 10.3. The van der Waals surface area contributed by atoms with Gasteiger partial charge in [-0.15, -0.1) is 21.5 Å². The summed E-state index contributed by atoms with van der Waals surface area (Å²) >= 11 is 3.06. The first-order valence-corrected chi connectivity index (χ1v) is 12.6. The third kappa shape index (κ3) is 3.95. The van der Waals surface area contributed by atoms with E-state index >= 15 is 0 Å². The van der Waals surface area contributed by atoms with Crippen LogP contribution in [0.4, 0.5) is 0 Å². The van der Waals surface area contributed by atoms with Crippen molar-refractivity contribution in [3.05, 3.63) is 80.3 Å². The largest absolute Gasteiger partial charge is 0.309 e. The second-order valence-electron chi connectivity index (χ2n) is 8.32. The standard InChI is InChI=1S/C25H24N6OS2/c1-13-9-10-19(14(2)12-13)31-22(18-8-6-7-11-26-18)29-30-25(31)34-17(5)21-27-23(32)20-15(3)16(4)33-24(20)28-21/h6-12,17H,1-5H3,(H,27,28,32). The molecule has 0 radical (unpaired) electrons. The molecule has 0 aliphatic carbocycles. The summed E-state index contributed by atoms with van der Waals surface area (Å²) in [6, 6.07) is 12.1. The van der Waals surface area contributed by atoms with Crippen LogP contribution in [0.1, 0.15) is 39.6 Å². The van der Waals surface area contributed by atoms with E-state index in [-0.39, 0.29) is 10.8 Å². The molecule has 0 fully saturated rings. The van der Waals surface area contributed by atoms with Crippen LogP contribution >= 0.6 is 23.1 Å². The van der Waals surface area contributed by atoms with E-state index in [0.717, 1.165) is 32.2 Å². The molecular weight excluding hydrogens is 464 g/mol. The zero-order chi connectivity index (χ0) is 24.0. The van der Waals surface area contributed by atoms with Crippen molar-refractivity contribution in [2.75, 3.05) is 0 Å². The van der Waals surface area contributed by atoms with Gasteiger partial charge in [0.25, 0.3) is 5.56 Å². The first kappa shape index (κ1) is 22.5. The molecule has 0 amide bonds. The number of rotatable bonds is 5. The number of aryl methyl sites for hydroxylation is 4. The van der Waals surface area contributed by atoms with Crippen molar-refractivity contribution in [3.8, 4) is 17.2 Å². The Hall–Kier alpha value is -3.30. The van der Waals surface area contributed by atoms with Crippen molar-refractivity contribution < 1.29 is 0 Å². The molecule has 0 bridgehead atoms. The van der Waals surface area contributed by atoms with Gasteiger partial charge in [-0.25, -0.2) is 4.98 Å². The summed E-state index contributed by atoms with van der Waals surface area (Å²) in [4.78, 5) is 27.0. The molecule has 1 aromatic carbocycles. The highest BCUT2D eigenvalue weighted by Crippen LogP contribution is 2.37. The molecule has 1 N–H and O–H groups in total. The molecule has 1 atom stereocenters. The van der Waals surface area contributed by atoms with Crippen molar-refractivity contribution in [3.63, 3.8) is 0 Å². The van der Waals surface area contributed by atoms with Gasteiger partial charge in [0.15, 0.2) is 11.0 Å². The Morgan fingerprint density at radius 3 is 2.65 bits per heavy atom. The number of pyridine rings is 1. The van der Waals surface area contributed by atoms with Gasteiger partial charge in [-0.1, -0.05) is 35.5 Å². The van der Waals surface area contributed by atoms with Crippen molar-refractivity contribution in [2.45, 2.75) is 45.0 Å². The Labute approximate surface area is 205 Å². The molecule has 9 heteroatoms. The highest BCUT2D eigenvalue weighted by Gasteiger charge is 2.23. The Bertz CT molecular complexity index is 1570. The molecule has 5 rings (SSSR count). The van der Waals surface area contributed by atoms with Crippen LogP contribution in [-0.2, 0) is 0 Å². The summed E-state index contributed by atoms with van der Waals surface area (Å²) in [5.41, 5.74) is 4.94. The number of fused-ring (bicyclic) bond motifs is 1. The van der Waals surface area contributed by atoms with Gasteiger partial charge in [0, 0.05) is 11.1 Å². The molecule has 4 aromatic heterocycles. The Morgan fingerprint density at radius 1 is 1.09 bits per heavy atom. The number of benzene rings is 1. The van der Waals surface area contributed by atoms with E-state index in [0.29, 0.717) is 22.2 Å². The lowest BCUT2D eigenvalue weighted by Crippen LogP contribution is -2.13. The molecule has 34 heavy (non-hydrogen) atoms. The van der Waals surface area contributed by atoms with Crippen molar-refractivity contribution >= 4 is 33.3 Å². The lowest BCUT2D eigenvalue weighted by atomic mass is 10.1. The van der Waals surface area contributed by atoms with Gasteiger partial charge >= 0.3 is 0 Å². The quantitative estimate of drug-likeness (QED) is 0.319. The van der Waals surface area contributed by atoms with Gasteiger partial charge in [-0.2, -0.15) is 0 Å². The number of nitrogens with zero attached hydrogens (tertiary/aromatic N) is 5. The molecule has 172 valence electrons. The normalized spacial score (nSPS) is 12.4. The van der Waals surface area contributed by atoms with Gasteiger partial charge in [0.05, 0.1) is 16.3 Å². The van der Waals surface area contributed by atoms with E-state index in [4.69, 9.17) is 4.98 Å². The fourth-order valence-corrected chi connectivity index (χ4v) is 5.91. The second-order valence-corrected chi connectivity index (χ2v) is 10.8. The third-order valence-electron chi connectivity index (χ3n) is 5.85. The van der Waals surface area contributed by atoms with Crippen LogP contribution in [0.5, 0.6) is 0 Å². The third-order valence-corrected chi connectivity index (χ3v) is 8.00. The zero-order valence-electron chi connectivity index (χ0n) is 19.6. The number of aromatic amines is 1. The topological polar surface area (TPSA) is 89.4 Å². The van der Waals surface area contributed by atoms with Gasteiger partial charge < -0.3 is 4.98 Å². The minimum Gasteiger partial charge on any atom is -0.309 e. The maximum atomic E-state index is 12.8. The summed E-state index contributed by atoms with van der Waals surface area (Å²) < 4.78 is 2.04. The maximum Gasteiger partial charge on any atom is 0.259 e. The minimum atomic E-state index is -0.148. The summed E-state index contributed by atoms with van der Waals surface area (Å²) in [6.07, 6.45) is 1.75. The number of hydrogen-bond donors (Lipinski definition) is 1. The zero-order valence-corrected chi connectivity index (χ0v) is 21.2. The van der Waals surface area contributed by atoms with Gasteiger partial charge in [-0.05, 0) is 63.9 Å². The Kier molecular flexibility index (Phi) is 5.83. The van der Waals surface area contributed by atoms with E-state index in [1.807, 2.05) is 43.5 Å². The molecule has 0 saturated heterocycles. The van der Waals surface area contributed by atoms with Crippen LogP contribution in [0.3, 0.4) is 0 Å². The van der Waals surface area contributed by atoms with Crippen molar-refractivity contribution in [1.29, 1.82) is 0 Å². The summed E-state index contributed by atoms with van der Waals surface area (Å²) in [7, 11) is 0. The first-order chi connectivity index (χ1) is 16.3. The van der Waals surface area contributed by atoms with Gasteiger partial charge in [0.1, 0.15) is 16.3 Å². The number of hydrogen-bond acceptors (Lipinski definition) is 7. The number of thioether (sulfide) groups is 1. The van der Waals surface area contributed by atoms with Gasteiger partial charge in [-0.3, -0.25) is 14.3 Å².